The zero-order valence-corrected chi connectivity index (χ0v) is 13.1. The third-order valence-corrected chi connectivity index (χ3v) is 5.68. The Bertz CT molecular complexity index is 287. The largest absolute Gasteiger partial charge is 0.393 e. The van der Waals surface area contributed by atoms with Gasteiger partial charge in [-0.25, -0.2) is 0 Å². The molecule has 1 heterocycles. The van der Waals surface area contributed by atoms with E-state index in [0.717, 1.165) is 24.9 Å². The molecule has 0 aromatic carbocycles. The molecule has 2 aliphatic carbocycles. The van der Waals surface area contributed by atoms with Crippen LogP contribution in [0.25, 0.3) is 0 Å². The predicted octanol–water partition coefficient (Wildman–Crippen LogP) is 2.39. The van der Waals surface area contributed by atoms with Crippen LogP contribution in [0.3, 0.4) is 0 Å². The molecule has 3 fully saturated rings. The molecule has 0 radical (unpaired) electrons. The van der Waals surface area contributed by atoms with Gasteiger partial charge in [-0.15, -0.1) is 0 Å². The number of hydrogen-bond donors (Lipinski definition) is 2. The molecule has 2 saturated carbocycles. The average Bonchev–Trinajstić information content (AvgIpc) is 3.30. The maximum Gasteiger partial charge on any atom is 0.0553 e. The molecule has 1 aliphatic heterocycles. The van der Waals surface area contributed by atoms with Gasteiger partial charge in [0, 0.05) is 25.2 Å². The minimum atomic E-state index is -0.157. The van der Waals surface area contributed by atoms with Crippen molar-refractivity contribution in [2.45, 2.75) is 76.5 Å². The van der Waals surface area contributed by atoms with E-state index in [1.54, 1.807) is 0 Å². The summed E-state index contributed by atoms with van der Waals surface area (Å²) in [6.45, 7) is 5.50. The molecule has 20 heavy (non-hydrogen) atoms. The highest BCUT2D eigenvalue weighted by Crippen LogP contribution is 2.32. The Kier molecular flexibility index (Phi) is 5.00. The van der Waals surface area contributed by atoms with E-state index in [9.17, 15) is 5.11 Å². The molecule has 3 unspecified atom stereocenters. The fourth-order valence-electron chi connectivity index (χ4n) is 4.13. The summed E-state index contributed by atoms with van der Waals surface area (Å²) < 4.78 is 0. The third kappa shape index (κ3) is 3.96. The van der Waals surface area contributed by atoms with Crippen LogP contribution >= 0.6 is 0 Å². The van der Waals surface area contributed by atoms with E-state index in [2.05, 4.69) is 10.2 Å². The fraction of sp³-hybridized carbons (Fsp3) is 1.00. The van der Waals surface area contributed by atoms with Crippen molar-refractivity contribution in [3.05, 3.63) is 0 Å². The number of hydrogen-bond acceptors (Lipinski definition) is 3. The first kappa shape index (κ1) is 14.8. The molecule has 3 heteroatoms. The molecule has 0 aromatic heterocycles. The summed E-state index contributed by atoms with van der Waals surface area (Å²) in [5.74, 6) is 1.37. The molecule has 2 N–H and O–H groups in total. The number of aliphatic hydroxyl groups excluding tert-OH is 1. The number of aliphatic hydroxyl groups is 1. The van der Waals surface area contributed by atoms with Gasteiger partial charge in [-0.05, 0) is 57.4 Å². The monoisotopic (exact) mass is 280 g/mol. The summed E-state index contributed by atoms with van der Waals surface area (Å²) in [4.78, 5) is 2.64. The lowest BCUT2D eigenvalue weighted by molar-refractivity contribution is 0.0436. The van der Waals surface area contributed by atoms with Gasteiger partial charge in [-0.2, -0.15) is 0 Å². The van der Waals surface area contributed by atoms with E-state index in [4.69, 9.17) is 0 Å². The molecular formula is C17H32N2O. The zero-order chi connectivity index (χ0) is 13.9. The van der Waals surface area contributed by atoms with Crippen LogP contribution in [-0.4, -0.2) is 47.8 Å². The van der Waals surface area contributed by atoms with Gasteiger partial charge in [-0.1, -0.05) is 19.3 Å². The van der Waals surface area contributed by atoms with Gasteiger partial charge in [0.1, 0.15) is 0 Å². The summed E-state index contributed by atoms with van der Waals surface area (Å²) in [5.41, 5.74) is 0. The SMILES string of the molecule is CC(O)C1CC(NCC2CCCCC2)CN(C2CC2)C1. The van der Waals surface area contributed by atoms with Gasteiger partial charge in [0.2, 0.25) is 0 Å². The highest BCUT2D eigenvalue weighted by atomic mass is 16.3. The molecule has 0 bridgehead atoms. The van der Waals surface area contributed by atoms with Crippen LogP contribution in [0, 0.1) is 11.8 Å². The standard InChI is InChI=1S/C17H32N2O/c1-13(20)15-9-16(12-19(11-15)17-7-8-17)18-10-14-5-3-2-4-6-14/h13-18,20H,2-12H2,1H3. The Hall–Kier alpha value is -0.120. The van der Waals surface area contributed by atoms with Crippen molar-refractivity contribution in [3.8, 4) is 0 Å². The van der Waals surface area contributed by atoms with E-state index in [1.165, 1.54) is 58.0 Å². The van der Waals surface area contributed by atoms with Crippen LogP contribution in [0.4, 0.5) is 0 Å². The Morgan fingerprint density at radius 1 is 1.10 bits per heavy atom. The molecule has 0 aromatic rings. The van der Waals surface area contributed by atoms with Gasteiger partial charge in [-0.3, -0.25) is 4.90 Å². The van der Waals surface area contributed by atoms with Gasteiger partial charge in [0.05, 0.1) is 6.10 Å². The first-order chi connectivity index (χ1) is 9.72. The van der Waals surface area contributed by atoms with Gasteiger partial charge >= 0.3 is 0 Å². The summed E-state index contributed by atoms with van der Waals surface area (Å²) in [6.07, 6.45) is 10.9. The van der Waals surface area contributed by atoms with Crippen LogP contribution in [0.15, 0.2) is 0 Å². The van der Waals surface area contributed by atoms with Crippen LogP contribution in [0.1, 0.15) is 58.3 Å². The van der Waals surface area contributed by atoms with E-state index in [1.807, 2.05) is 6.92 Å². The van der Waals surface area contributed by atoms with Crippen molar-refractivity contribution in [3.63, 3.8) is 0 Å². The molecule has 0 spiro atoms. The smallest absolute Gasteiger partial charge is 0.0553 e. The maximum atomic E-state index is 9.98. The lowest BCUT2D eigenvalue weighted by atomic mass is 9.87. The number of piperidine rings is 1. The van der Waals surface area contributed by atoms with Crippen LogP contribution in [-0.2, 0) is 0 Å². The highest BCUT2D eigenvalue weighted by molar-refractivity contribution is 4.93. The quantitative estimate of drug-likeness (QED) is 0.812. The van der Waals surface area contributed by atoms with Gasteiger partial charge in [0.25, 0.3) is 0 Å². The lowest BCUT2D eigenvalue weighted by Crippen LogP contribution is -2.52. The first-order valence-corrected chi connectivity index (χ1v) is 8.88. The maximum absolute atomic E-state index is 9.98. The minimum Gasteiger partial charge on any atom is -0.393 e. The first-order valence-electron chi connectivity index (χ1n) is 8.88. The normalized spacial score (nSPS) is 35.1. The topological polar surface area (TPSA) is 35.5 Å². The molecule has 3 rings (SSSR count). The average molecular weight is 280 g/mol. The molecule has 0 amide bonds. The van der Waals surface area contributed by atoms with Crippen LogP contribution < -0.4 is 5.32 Å². The second-order valence-electron chi connectivity index (χ2n) is 7.53. The van der Waals surface area contributed by atoms with Gasteiger partial charge in [0.15, 0.2) is 0 Å². The molecule has 116 valence electrons. The van der Waals surface area contributed by atoms with Crippen molar-refractivity contribution in [1.29, 1.82) is 0 Å². The lowest BCUT2D eigenvalue weighted by Gasteiger charge is -2.40. The second-order valence-corrected chi connectivity index (χ2v) is 7.53. The van der Waals surface area contributed by atoms with Crippen LogP contribution in [0.2, 0.25) is 0 Å². The summed E-state index contributed by atoms with van der Waals surface area (Å²) in [6, 6.07) is 1.43. The van der Waals surface area contributed by atoms with Crippen molar-refractivity contribution < 1.29 is 5.11 Å². The molecule has 3 atom stereocenters. The second kappa shape index (κ2) is 6.76. The van der Waals surface area contributed by atoms with E-state index >= 15 is 0 Å². The summed E-state index contributed by atoms with van der Waals surface area (Å²) in [7, 11) is 0. The molecule has 3 nitrogen and oxygen atoms in total. The minimum absolute atomic E-state index is 0.157. The highest BCUT2D eigenvalue weighted by Gasteiger charge is 2.37. The van der Waals surface area contributed by atoms with E-state index < -0.39 is 0 Å². The van der Waals surface area contributed by atoms with E-state index in [0.29, 0.717) is 12.0 Å². The van der Waals surface area contributed by atoms with Crippen LogP contribution in [0.5, 0.6) is 0 Å². The van der Waals surface area contributed by atoms with Crippen molar-refractivity contribution in [2.75, 3.05) is 19.6 Å². The Labute approximate surface area is 124 Å². The summed E-state index contributed by atoms with van der Waals surface area (Å²) >= 11 is 0. The van der Waals surface area contributed by atoms with Crippen molar-refractivity contribution in [1.82, 2.24) is 10.2 Å². The molecule has 1 saturated heterocycles. The molecule has 3 aliphatic rings. The fourth-order valence-corrected chi connectivity index (χ4v) is 4.13. The van der Waals surface area contributed by atoms with E-state index in [-0.39, 0.29) is 6.10 Å². The zero-order valence-electron chi connectivity index (χ0n) is 13.1. The van der Waals surface area contributed by atoms with Gasteiger partial charge < -0.3 is 10.4 Å². The third-order valence-electron chi connectivity index (χ3n) is 5.68. The van der Waals surface area contributed by atoms with Crippen molar-refractivity contribution in [2.24, 2.45) is 11.8 Å². The Morgan fingerprint density at radius 2 is 1.85 bits per heavy atom. The molecular weight excluding hydrogens is 248 g/mol. The Balaban J connectivity index is 1.48. The van der Waals surface area contributed by atoms with Crippen molar-refractivity contribution >= 4 is 0 Å². The number of rotatable bonds is 5. The number of nitrogens with one attached hydrogen (secondary N) is 1. The Morgan fingerprint density at radius 3 is 2.50 bits per heavy atom. The number of nitrogens with zero attached hydrogens (tertiary/aromatic N) is 1. The predicted molar refractivity (Wildman–Crippen MR) is 82.7 cm³/mol. The number of likely N-dealkylation sites (tertiary alicyclic amines) is 1. The summed E-state index contributed by atoms with van der Waals surface area (Å²) in [5, 5.41) is 13.8.